The molecular formula is C23H35N3O. The third kappa shape index (κ3) is 4.55. The highest BCUT2D eigenvalue weighted by molar-refractivity contribution is 5.78. The summed E-state index contributed by atoms with van der Waals surface area (Å²) in [5.41, 5.74) is 2.46. The number of fused-ring (bicyclic) bond motifs is 1. The fourth-order valence-corrected chi connectivity index (χ4v) is 5.53. The maximum absolute atomic E-state index is 12.5. The van der Waals surface area contributed by atoms with Crippen LogP contribution in [0.2, 0.25) is 0 Å². The molecule has 0 unspecified atom stereocenters. The van der Waals surface area contributed by atoms with Crippen LogP contribution in [0.1, 0.15) is 56.1 Å². The van der Waals surface area contributed by atoms with Crippen molar-refractivity contribution in [3.8, 4) is 0 Å². The highest BCUT2D eigenvalue weighted by Crippen LogP contribution is 2.34. The van der Waals surface area contributed by atoms with Gasteiger partial charge in [0.1, 0.15) is 0 Å². The van der Waals surface area contributed by atoms with Crippen LogP contribution in [0.25, 0.3) is 0 Å². The second-order valence-corrected chi connectivity index (χ2v) is 8.88. The molecule has 2 aliphatic heterocycles. The minimum atomic E-state index is 0.171. The van der Waals surface area contributed by atoms with Gasteiger partial charge in [-0.2, -0.15) is 0 Å². The van der Waals surface area contributed by atoms with Crippen LogP contribution in [0.15, 0.2) is 24.3 Å². The van der Waals surface area contributed by atoms with E-state index in [1.165, 1.54) is 69.2 Å². The predicted molar refractivity (Wildman–Crippen MR) is 110 cm³/mol. The van der Waals surface area contributed by atoms with Crippen LogP contribution in [0.4, 0.5) is 0 Å². The summed E-state index contributed by atoms with van der Waals surface area (Å²) in [6.07, 6.45) is 9.64. The first kappa shape index (κ1) is 18.9. The number of benzene rings is 1. The number of likely N-dealkylation sites (tertiary alicyclic amines) is 2. The molecule has 1 aliphatic carbocycles. The Hall–Kier alpha value is -1.39. The maximum Gasteiger partial charge on any atom is 0.234 e. The van der Waals surface area contributed by atoms with Crippen molar-refractivity contribution in [3.05, 3.63) is 35.4 Å². The zero-order valence-electron chi connectivity index (χ0n) is 16.8. The number of nitrogens with zero attached hydrogens (tertiary/aromatic N) is 2. The number of hydrogen-bond acceptors (Lipinski definition) is 3. The number of nitrogens with one attached hydrogen (secondary N) is 1. The molecule has 1 saturated carbocycles. The summed E-state index contributed by atoms with van der Waals surface area (Å²) in [6, 6.07) is 9.57. The summed E-state index contributed by atoms with van der Waals surface area (Å²) in [6.45, 7) is 6.91. The third-order valence-electron chi connectivity index (χ3n) is 7.11. The normalized spacial score (nSPS) is 27.0. The number of aryl methyl sites for hydroxylation is 1. The van der Waals surface area contributed by atoms with E-state index in [2.05, 4.69) is 34.2 Å². The molecule has 0 bridgehead atoms. The Morgan fingerprint density at radius 1 is 1.00 bits per heavy atom. The molecule has 4 rings (SSSR count). The molecule has 27 heavy (non-hydrogen) atoms. The fraction of sp³-hybridized carbons (Fsp3) is 0.696. The number of hydrogen-bond donors (Lipinski definition) is 1. The molecule has 2 saturated heterocycles. The van der Waals surface area contributed by atoms with Gasteiger partial charge in [-0.3, -0.25) is 14.6 Å². The molecule has 4 heteroatoms. The second kappa shape index (κ2) is 8.74. The Morgan fingerprint density at radius 3 is 2.48 bits per heavy atom. The molecule has 2 atom stereocenters. The topological polar surface area (TPSA) is 35.6 Å². The minimum Gasteiger partial charge on any atom is -0.351 e. The first-order chi connectivity index (χ1) is 13.2. The standard InChI is InChI=1S/C23H35N3O/c1-18-7-5-6-10-20(18)15-24-23(27)17-26-14-12-21-22(26)11-13-25(21)16-19-8-3-2-4-9-19/h5-7,10,19,21-22H,2-4,8-9,11-17H2,1H3,(H,24,27)/t21-,22-/m0/s1. The van der Waals surface area contributed by atoms with Crippen LogP contribution in [0, 0.1) is 12.8 Å². The molecular weight excluding hydrogens is 334 g/mol. The van der Waals surface area contributed by atoms with E-state index in [0.717, 1.165) is 12.5 Å². The first-order valence-electron chi connectivity index (χ1n) is 11.0. The molecule has 0 radical (unpaired) electrons. The van der Waals surface area contributed by atoms with Gasteiger partial charge in [0.05, 0.1) is 6.54 Å². The highest BCUT2D eigenvalue weighted by atomic mass is 16.2. The van der Waals surface area contributed by atoms with Crippen molar-refractivity contribution >= 4 is 5.91 Å². The smallest absolute Gasteiger partial charge is 0.234 e. The lowest BCUT2D eigenvalue weighted by molar-refractivity contribution is -0.122. The van der Waals surface area contributed by atoms with Crippen molar-refractivity contribution in [2.75, 3.05) is 26.2 Å². The van der Waals surface area contributed by atoms with E-state index < -0.39 is 0 Å². The van der Waals surface area contributed by atoms with Gasteiger partial charge in [0, 0.05) is 38.3 Å². The molecule has 0 spiro atoms. The number of carbonyl (C=O) groups is 1. The number of amides is 1. The summed E-state index contributed by atoms with van der Waals surface area (Å²) < 4.78 is 0. The van der Waals surface area contributed by atoms with E-state index in [9.17, 15) is 4.79 Å². The molecule has 1 amide bonds. The van der Waals surface area contributed by atoms with Crippen molar-refractivity contribution in [2.45, 2.75) is 70.5 Å². The monoisotopic (exact) mass is 369 g/mol. The van der Waals surface area contributed by atoms with Crippen LogP contribution in [0.5, 0.6) is 0 Å². The van der Waals surface area contributed by atoms with Gasteiger partial charge in [0.15, 0.2) is 0 Å². The van der Waals surface area contributed by atoms with Gasteiger partial charge in [-0.25, -0.2) is 0 Å². The van der Waals surface area contributed by atoms with E-state index in [4.69, 9.17) is 0 Å². The molecule has 148 valence electrons. The van der Waals surface area contributed by atoms with E-state index in [1.807, 2.05) is 12.1 Å². The largest absolute Gasteiger partial charge is 0.351 e. The average molecular weight is 370 g/mol. The highest BCUT2D eigenvalue weighted by Gasteiger charge is 2.43. The lowest BCUT2D eigenvalue weighted by Crippen LogP contribution is -2.42. The first-order valence-corrected chi connectivity index (χ1v) is 11.0. The van der Waals surface area contributed by atoms with Crippen LogP contribution < -0.4 is 5.32 Å². The minimum absolute atomic E-state index is 0.171. The van der Waals surface area contributed by atoms with Crippen LogP contribution in [0.3, 0.4) is 0 Å². The summed E-state index contributed by atoms with van der Waals surface area (Å²) in [7, 11) is 0. The van der Waals surface area contributed by atoms with E-state index in [0.29, 0.717) is 25.2 Å². The van der Waals surface area contributed by atoms with Crippen molar-refractivity contribution in [1.82, 2.24) is 15.1 Å². The van der Waals surface area contributed by atoms with Crippen LogP contribution in [-0.4, -0.2) is 54.0 Å². The lowest BCUT2D eigenvalue weighted by atomic mass is 9.89. The molecule has 0 aromatic heterocycles. The van der Waals surface area contributed by atoms with Gasteiger partial charge >= 0.3 is 0 Å². The molecule has 2 heterocycles. The van der Waals surface area contributed by atoms with Crippen molar-refractivity contribution in [3.63, 3.8) is 0 Å². The molecule has 4 nitrogen and oxygen atoms in total. The molecule has 3 aliphatic rings. The van der Waals surface area contributed by atoms with Crippen molar-refractivity contribution in [1.29, 1.82) is 0 Å². The Kier molecular flexibility index (Phi) is 6.14. The number of carbonyl (C=O) groups excluding carboxylic acids is 1. The van der Waals surface area contributed by atoms with Gasteiger partial charge in [0.25, 0.3) is 0 Å². The Morgan fingerprint density at radius 2 is 1.70 bits per heavy atom. The Balaban J connectivity index is 1.25. The average Bonchev–Trinajstić information content (AvgIpc) is 3.26. The summed E-state index contributed by atoms with van der Waals surface area (Å²) in [4.78, 5) is 17.7. The van der Waals surface area contributed by atoms with E-state index in [-0.39, 0.29) is 5.91 Å². The Bertz CT molecular complexity index is 640. The molecule has 3 fully saturated rings. The molecule has 1 aromatic rings. The zero-order valence-corrected chi connectivity index (χ0v) is 16.8. The number of rotatable bonds is 6. The fourth-order valence-electron chi connectivity index (χ4n) is 5.53. The van der Waals surface area contributed by atoms with Crippen molar-refractivity contribution < 1.29 is 4.79 Å². The SMILES string of the molecule is Cc1ccccc1CNC(=O)CN1CC[C@H]2[C@@H]1CCN2CC1CCCCC1. The van der Waals surface area contributed by atoms with E-state index >= 15 is 0 Å². The van der Waals surface area contributed by atoms with E-state index in [1.54, 1.807) is 0 Å². The van der Waals surface area contributed by atoms with Gasteiger partial charge in [-0.1, -0.05) is 43.5 Å². The van der Waals surface area contributed by atoms with Gasteiger partial charge in [0.2, 0.25) is 5.91 Å². The third-order valence-corrected chi connectivity index (χ3v) is 7.11. The molecule has 1 N–H and O–H groups in total. The predicted octanol–water partition coefficient (Wildman–Crippen LogP) is 3.34. The van der Waals surface area contributed by atoms with Gasteiger partial charge in [-0.05, 0) is 49.7 Å². The van der Waals surface area contributed by atoms with Crippen molar-refractivity contribution in [2.24, 2.45) is 5.92 Å². The maximum atomic E-state index is 12.5. The molecule has 1 aromatic carbocycles. The summed E-state index contributed by atoms with van der Waals surface area (Å²) in [5, 5.41) is 3.13. The summed E-state index contributed by atoms with van der Waals surface area (Å²) >= 11 is 0. The second-order valence-electron chi connectivity index (χ2n) is 8.88. The van der Waals surface area contributed by atoms with Gasteiger partial charge < -0.3 is 5.32 Å². The lowest BCUT2D eigenvalue weighted by Gasteiger charge is -2.30. The zero-order chi connectivity index (χ0) is 18.6. The quantitative estimate of drug-likeness (QED) is 0.835. The summed E-state index contributed by atoms with van der Waals surface area (Å²) in [5.74, 6) is 1.09. The van der Waals surface area contributed by atoms with Gasteiger partial charge in [-0.15, -0.1) is 0 Å². The van der Waals surface area contributed by atoms with Crippen LogP contribution >= 0.6 is 0 Å². The Labute approximate surface area is 164 Å². The van der Waals surface area contributed by atoms with Crippen LogP contribution in [-0.2, 0) is 11.3 Å².